The van der Waals surface area contributed by atoms with Gasteiger partial charge in [-0.3, -0.25) is 4.79 Å². The van der Waals surface area contributed by atoms with E-state index in [-0.39, 0.29) is 16.9 Å². The minimum atomic E-state index is -0.461. The van der Waals surface area contributed by atoms with Crippen LogP contribution in [0.2, 0.25) is 0 Å². The zero-order valence-corrected chi connectivity index (χ0v) is 13.9. The van der Waals surface area contributed by atoms with Crippen molar-refractivity contribution in [2.75, 3.05) is 6.54 Å². The molecule has 0 amide bonds. The lowest BCUT2D eigenvalue weighted by molar-refractivity contribution is -0.139. The summed E-state index contributed by atoms with van der Waals surface area (Å²) in [7, 11) is 0. The average molecular weight is 309 g/mol. The van der Waals surface area contributed by atoms with Crippen molar-refractivity contribution in [1.29, 1.82) is 0 Å². The molecule has 4 heteroatoms. The summed E-state index contributed by atoms with van der Waals surface area (Å²) in [5, 5.41) is 20.5. The second kappa shape index (κ2) is 5.57. The number of carbonyl (C=O) groups excluding carboxylic acids is 1. The van der Waals surface area contributed by atoms with Crippen LogP contribution in [-0.2, 0) is 4.79 Å². The number of nitrogens with two attached hydrogens (primary N) is 1. The summed E-state index contributed by atoms with van der Waals surface area (Å²) in [6.07, 6.45) is 4.83. The van der Waals surface area contributed by atoms with Gasteiger partial charge in [-0.05, 0) is 68.2 Å². The van der Waals surface area contributed by atoms with E-state index in [2.05, 4.69) is 13.8 Å². The minimum absolute atomic E-state index is 0.170. The molecular formula is C18H31NO3. The van der Waals surface area contributed by atoms with E-state index >= 15 is 0 Å². The molecule has 3 fully saturated rings. The van der Waals surface area contributed by atoms with Gasteiger partial charge in [0.2, 0.25) is 0 Å². The smallest absolute Gasteiger partial charge is 0.139 e. The first kappa shape index (κ1) is 16.4. The Hall–Kier alpha value is -0.450. The van der Waals surface area contributed by atoms with E-state index < -0.39 is 6.10 Å². The summed E-state index contributed by atoms with van der Waals surface area (Å²) in [6, 6.07) is 0. The van der Waals surface area contributed by atoms with E-state index in [0.29, 0.717) is 42.9 Å². The lowest BCUT2D eigenvalue weighted by Crippen LogP contribution is -2.54. The summed E-state index contributed by atoms with van der Waals surface area (Å²) in [4.78, 5) is 12.3. The second-order valence-corrected chi connectivity index (χ2v) is 8.48. The van der Waals surface area contributed by atoms with Crippen molar-refractivity contribution < 1.29 is 15.0 Å². The third-order valence-corrected chi connectivity index (χ3v) is 7.54. The van der Waals surface area contributed by atoms with Crippen molar-refractivity contribution in [2.45, 2.75) is 71.0 Å². The van der Waals surface area contributed by atoms with Gasteiger partial charge in [-0.2, -0.15) is 0 Å². The van der Waals surface area contributed by atoms with Crippen LogP contribution in [0, 0.1) is 28.6 Å². The summed E-state index contributed by atoms with van der Waals surface area (Å²) in [5.74, 6) is 1.47. The first-order valence-electron chi connectivity index (χ1n) is 8.92. The van der Waals surface area contributed by atoms with Crippen LogP contribution in [0.4, 0.5) is 0 Å². The lowest BCUT2D eigenvalue weighted by Gasteiger charge is -2.54. The number of aliphatic hydroxyl groups is 2. The van der Waals surface area contributed by atoms with E-state index in [0.717, 1.165) is 32.1 Å². The third-order valence-electron chi connectivity index (χ3n) is 7.54. The highest BCUT2D eigenvalue weighted by Gasteiger charge is 2.58. The summed E-state index contributed by atoms with van der Waals surface area (Å²) in [5.41, 5.74) is 5.80. The van der Waals surface area contributed by atoms with Crippen molar-refractivity contribution in [2.24, 2.45) is 34.3 Å². The molecule has 126 valence electrons. The number of hydrogen-bond donors (Lipinski definition) is 3. The molecule has 0 aromatic carbocycles. The van der Waals surface area contributed by atoms with Crippen LogP contribution >= 0.6 is 0 Å². The summed E-state index contributed by atoms with van der Waals surface area (Å²) < 4.78 is 0. The Morgan fingerprint density at radius 1 is 1.14 bits per heavy atom. The fourth-order valence-corrected chi connectivity index (χ4v) is 5.93. The number of hydrogen-bond acceptors (Lipinski definition) is 4. The van der Waals surface area contributed by atoms with E-state index in [4.69, 9.17) is 5.73 Å². The van der Waals surface area contributed by atoms with Gasteiger partial charge in [0.05, 0.1) is 12.2 Å². The molecule has 0 aromatic heterocycles. The zero-order valence-electron chi connectivity index (χ0n) is 13.9. The van der Waals surface area contributed by atoms with Gasteiger partial charge in [-0.1, -0.05) is 13.8 Å². The van der Waals surface area contributed by atoms with Crippen molar-refractivity contribution in [3.8, 4) is 0 Å². The molecule has 4 N–H and O–H groups in total. The molecule has 7 atom stereocenters. The molecule has 0 aromatic rings. The van der Waals surface area contributed by atoms with E-state index in [1.165, 1.54) is 0 Å². The zero-order chi connectivity index (χ0) is 16.1. The molecule has 22 heavy (non-hydrogen) atoms. The van der Waals surface area contributed by atoms with Crippen LogP contribution in [0.3, 0.4) is 0 Å². The van der Waals surface area contributed by atoms with Crippen LogP contribution in [0.5, 0.6) is 0 Å². The fourth-order valence-electron chi connectivity index (χ4n) is 5.93. The van der Waals surface area contributed by atoms with Crippen molar-refractivity contribution >= 4 is 5.78 Å². The molecule has 0 radical (unpaired) electrons. The first-order valence-corrected chi connectivity index (χ1v) is 8.92. The lowest BCUT2D eigenvalue weighted by atomic mass is 9.51. The number of aliphatic hydroxyl groups excluding tert-OH is 2. The Morgan fingerprint density at radius 3 is 2.50 bits per heavy atom. The van der Waals surface area contributed by atoms with E-state index in [9.17, 15) is 15.0 Å². The van der Waals surface area contributed by atoms with Gasteiger partial charge in [0.15, 0.2) is 0 Å². The highest BCUT2D eigenvalue weighted by atomic mass is 16.3. The highest BCUT2D eigenvalue weighted by molar-refractivity contribution is 5.87. The van der Waals surface area contributed by atoms with Crippen LogP contribution in [0.15, 0.2) is 0 Å². The maximum absolute atomic E-state index is 12.3. The fraction of sp³-hybridized carbons (Fsp3) is 0.944. The minimum Gasteiger partial charge on any atom is -0.393 e. The van der Waals surface area contributed by atoms with Gasteiger partial charge in [0.25, 0.3) is 0 Å². The van der Waals surface area contributed by atoms with Crippen LogP contribution in [0.25, 0.3) is 0 Å². The predicted molar refractivity (Wildman–Crippen MR) is 85.1 cm³/mol. The van der Waals surface area contributed by atoms with Crippen molar-refractivity contribution in [3.05, 3.63) is 0 Å². The maximum Gasteiger partial charge on any atom is 0.139 e. The van der Waals surface area contributed by atoms with Gasteiger partial charge in [0, 0.05) is 11.8 Å². The second-order valence-electron chi connectivity index (χ2n) is 8.48. The number of Topliss-reactive ketones (excluding diaryl/α,β-unsaturated/α-hetero) is 1. The summed E-state index contributed by atoms with van der Waals surface area (Å²) >= 11 is 0. The number of ketones is 1. The van der Waals surface area contributed by atoms with Gasteiger partial charge >= 0.3 is 0 Å². The third kappa shape index (κ3) is 2.26. The number of carbonyl (C=O) groups is 1. The first-order chi connectivity index (χ1) is 10.3. The number of fused-ring (bicyclic) bond motifs is 1. The van der Waals surface area contributed by atoms with Gasteiger partial charge < -0.3 is 15.9 Å². The molecule has 0 aliphatic heterocycles. The molecular weight excluding hydrogens is 278 g/mol. The largest absolute Gasteiger partial charge is 0.393 e. The van der Waals surface area contributed by atoms with E-state index in [1.54, 1.807) is 0 Å². The molecule has 0 spiro atoms. The standard InChI is InChI=1S/C18H31NO3/c1-17-8-6-14(12(10-19)13(17)3-4-15(17)21)18(2)7-5-11(20)9-16(18)22/h11-14,16,20,22H,3-10,19H2,1-2H3/t11-,12-,13?,14?,16-,17-,18+/m0/s1. The van der Waals surface area contributed by atoms with Crippen molar-refractivity contribution in [3.63, 3.8) is 0 Å². The quantitative estimate of drug-likeness (QED) is 0.727. The Kier molecular flexibility index (Phi) is 4.15. The molecule has 3 aliphatic carbocycles. The predicted octanol–water partition coefficient (Wildman–Crippen LogP) is 1.87. The van der Waals surface area contributed by atoms with Crippen LogP contribution in [-0.4, -0.2) is 34.7 Å². The van der Waals surface area contributed by atoms with Crippen LogP contribution in [0.1, 0.15) is 58.8 Å². The molecule has 3 rings (SSSR count). The molecule has 2 unspecified atom stereocenters. The SMILES string of the molecule is C[C@]12CCC([C@@]3(C)CC[C@H](O)C[C@@H]3O)[C@@H](CN)C1CCC2=O. The molecule has 0 heterocycles. The Balaban J connectivity index is 1.87. The molecule has 3 aliphatic rings. The maximum atomic E-state index is 12.3. The molecule has 0 bridgehead atoms. The average Bonchev–Trinajstić information content (AvgIpc) is 2.78. The Labute approximate surface area is 133 Å². The number of rotatable bonds is 2. The molecule has 3 saturated carbocycles. The monoisotopic (exact) mass is 309 g/mol. The van der Waals surface area contributed by atoms with E-state index in [1.807, 2.05) is 0 Å². The van der Waals surface area contributed by atoms with Crippen molar-refractivity contribution in [1.82, 2.24) is 0 Å². The summed E-state index contributed by atoms with van der Waals surface area (Å²) in [6.45, 7) is 4.91. The Bertz CT molecular complexity index is 454. The van der Waals surface area contributed by atoms with Gasteiger partial charge in [0.1, 0.15) is 5.78 Å². The van der Waals surface area contributed by atoms with Crippen LogP contribution < -0.4 is 5.73 Å². The molecule has 4 nitrogen and oxygen atoms in total. The Morgan fingerprint density at radius 2 is 1.86 bits per heavy atom. The van der Waals surface area contributed by atoms with Gasteiger partial charge in [-0.25, -0.2) is 0 Å². The van der Waals surface area contributed by atoms with Gasteiger partial charge in [-0.15, -0.1) is 0 Å². The normalized spacial score (nSPS) is 52.6. The highest BCUT2D eigenvalue weighted by Crippen LogP contribution is 2.59. The molecule has 0 saturated heterocycles. The topological polar surface area (TPSA) is 83.6 Å².